The predicted octanol–water partition coefficient (Wildman–Crippen LogP) is 20.6. The molecule has 0 unspecified atom stereocenters. The van der Waals surface area contributed by atoms with Gasteiger partial charge < -0.3 is 61.6 Å². The minimum absolute atomic E-state index is 0.00987. The fourth-order valence-electron chi connectivity index (χ4n) is 16.0. The number of likely N-dealkylation sites (tertiary alicyclic amines) is 2. The lowest BCUT2D eigenvalue weighted by molar-refractivity contribution is -0.128. The van der Waals surface area contributed by atoms with Crippen LogP contribution in [0.1, 0.15) is 229 Å². The Morgan fingerprint density at radius 3 is 0.819 bits per heavy atom. The summed E-state index contributed by atoms with van der Waals surface area (Å²) in [6.45, 7) is 39.3. The van der Waals surface area contributed by atoms with Crippen molar-refractivity contribution in [1.29, 1.82) is 0 Å². The number of primary amides is 1. The summed E-state index contributed by atoms with van der Waals surface area (Å²) in [4.78, 5) is 115. The van der Waals surface area contributed by atoms with Crippen LogP contribution in [0.3, 0.4) is 0 Å². The molecular weight excluding hydrogens is 1890 g/mol. The molecule has 28 heteroatoms. The number of likely N-dealkylation sites (N-methyl/N-ethyl adjacent to an activating group) is 1. The second-order valence-corrected chi connectivity index (χ2v) is 41.4. The number of carbonyl (C=O) groups excluding carboxylic acids is 9. The third kappa shape index (κ3) is 44.8. The molecule has 138 heavy (non-hydrogen) atoms. The van der Waals surface area contributed by atoms with Gasteiger partial charge in [-0.1, -0.05) is 263 Å². The molecule has 7 atom stereocenters. The average molecular weight is 2040 g/mol. The van der Waals surface area contributed by atoms with Crippen LogP contribution in [0.5, 0.6) is 0 Å². The third-order valence-corrected chi connectivity index (χ3v) is 26.6. The van der Waals surface area contributed by atoms with Gasteiger partial charge >= 0.3 is 0 Å². The lowest BCUT2D eigenvalue weighted by atomic mass is 9.87. The lowest BCUT2D eigenvalue weighted by Gasteiger charge is -2.34. The number of nitrogens with one attached hydrogen (secondary N) is 5. The monoisotopic (exact) mass is 2040 g/mol. The van der Waals surface area contributed by atoms with E-state index in [2.05, 4.69) is 36.4 Å². The van der Waals surface area contributed by atoms with Gasteiger partial charge in [0.15, 0.2) is 0 Å². The second kappa shape index (κ2) is 65.2. The maximum absolute atomic E-state index is 12.5. The van der Waals surface area contributed by atoms with Crippen molar-refractivity contribution in [2.45, 2.75) is 208 Å². The Kier molecular flexibility index (Phi) is 57.3. The van der Waals surface area contributed by atoms with Crippen molar-refractivity contribution in [2.24, 2.45) is 47.2 Å². The number of benzene rings is 7. The Balaban J connectivity index is 0.000000284. The minimum Gasteiger partial charge on any atom is -0.393 e. The molecule has 2 amide bonds. The van der Waals surface area contributed by atoms with E-state index in [1.807, 2.05) is 243 Å². The highest BCUT2D eigenvalue weighted by molar-refractivity contribution is 6.32. The topological polar surface area (TPSA) is 288 Å². The normalized spacial score (nSPS) is 16.4. The van der Waals surface area contributed by atoms with Gasteiger partial charge in [-0.3, -0.25) is 43.2 Å². The van der Waals surface area contributed by atoms with Crippen LogP contribution >= 0.6 is 81.2 Å². The summed E-state index contributed by atoms with van der Waals surface area (Å²) in [7, 11) is 5.08. The van der Waals surface area contributed by atoms with Crippen LogP contribution in [0.15, 0.2) is 170 Å². The Morgan fingerprint density at radius 2 is 0.587 bits per heavy atom. The van der Waals surface area contributed by atoms with Gasteiger partial charge in [0.25, 0.3) is 0 Å². The first-order valence-corrected chi connectivity index (χ1v) is 51.5. The Labute approximate surface area is 858 Å². The number of nitrogens with two attached hydrogens (primary N) is 1. The highest BCUT2D eigenvalue weighted by Gasteiger charge is 2.33. The van der Waals surface area contributed by atoms with E-state index in [1.54, 1.807) is 45.5 Å². The summed E-state index contributed by atoms with van der Waals surface area (Å²) < 4.78 is 10.4. The molecule has 8 N–H and O–H groups in total. The summed E-state index contributed by atoms with van der Waals surface area (Å²) in [5.41, 5.74) is 12.1. The Bertz CT molecular complexity index is 4660. The van der Waals surface area contributed by atoms with Crippen molar-refractivity contribution in [1.82, 2.24) is 41.3 Å². The molecule has 3 heterocycles. The van der Waals surface area contributed by atoms with Crippen LogP contribution in [-0.4, -0.2) is 223 Å². The number of methoxy groups -OCH3 is 1. The first-order valence-electron chi connectivity index (χ1n) is 48.8. The molecule has 0 bridgehead atoms. The molecule has 0 radical (unpaired) electrons. The van der Waals surface area contributed by atoms with Gasteiger partial charge in [0.05, 0.1) is 67.2 Å². The molecule has 760 valence electrons. The number of carbonyl (C=O) groups is 9. The molecule has 1 saturated carbocycles. The van der Waals surface area contributed by atoms with Crippen LogP contribution in [0.2, 0.25) is 35.2 Å². The standard InChI is InChI=1S/C18H26ClNO2.C17H24ClNO2.C16H23ClN2O2.C15H22ClNO2.2C15H20ClNO.C14H19ClN2O2/c1-12(2)18(22)17(13-3-5-14(19)6-4-13)11-20-15-7-9-16(21)10-8-15;1-12(2)17(20)16(13-3-5-14(18)6-4-13)11-19-15-7-9-21-10-8-15;1-11(2)16(21)14(9-18-10-15(20)19(3)4)12-5-7-13(17)8-6-12;1-11(2)15(18)14(10-17-8-9-19-3)12-4-6-13(16)7-5-12;2*1-11(2)15(18)14(10-17-8-3-9-17)12-4-6-13(16)7-5-12;1-9(2)14(19)12(7-17-8-13(16)18)10-3-5-11(15)6-4-10/h3-6,12,15-17,20-21H,7-11H2,1-2H3;3-6,12,15-16,19H,7-11H2,1-2H3;5-8,11,14,18H,9-10H2,1-4H3;4-7,11,14,17H,8-10H2,1-3H3;2*4-7,11,14H,3,8-10H2,1-2H3;3-6,9,12,17H,7-8H2,1-2H3,(H2,16,18)/t15?,16?,17-;16-;4*14-;12-/m1111101/s1. The van der Waals surface area contributed by atoms with E-state index in [9.17, 15) is 48.3 Å². The number of halogens is 7. The molecule has 4 aliphatic rings. The van der Waals surface area contributed by atoms with Crippen molar-refractivity contribution >= 4 is 134 Å². The highest BCUT2D eigenvalue weighted by Crippen LogP contribution is 2.32. The van der Waals surface area contributed by atoms with Crippen LogP contribution in [-0.2, 0) is 52.6 Å². The zero-order chi connectivity index (χ0) is 102. The summed E-state index contributed by atoms with van der Waals surface area (Å²) >= 11 is 41.3. The lowest BCUT2D eigenvalue weighted by Crippen LogP contribution is -2.42. The fourth-order valence-corrected chi connectivity index (χ4v) is 16.8. The van der Waals surface area contributed by atoms with Crippen molar-refractivity contribution in [2.75, 3.05) is 133 Å². The van der Waals surface area contributed by atoms with Gasteiger partial charge in [0, 0.05) is 175 Å². The number of hydrogen-bond donors (Lipinski definition) is 7. The van der Waals surface area contributed by atoms with E-state index in [4.69, 9.17) is 96.4 Å². The van der Waals surface area contributed by atoms with E-state index >= 15 is 0 Å². The number of aliphatic hydroxyl groups is 1. The molecule has 0 aromatic heterocycles. The summed E-state index contributed by atoms with van der Waals surface area (Å²) in [5, 5.41) is 30.7. The van der Waals surface area contributed by atoms with Crippen molar-refractivity contribution in [3.05, 3.63) is 244 Å². The number of Topliss-reactive ketones (excluding diaryl/α,β-unsaturated/α-hetero) is 7. The first kappa shape index (κ1) is 121. The summed E-state index contributed by atoms with van der Waals surface area (Å²) in [5.74, 6) is 0.371. The number of ether oxygens (including phenoxy) is 2. The quantitative estimate of drug-likeness (QED) is 0.0175. The average Bonchev–Trinajstić information content (AvgIpc) is 0.842. The fraction of sp³-hybridized carbons (Fsp3) is 0.536. The number of aliphatic hydroxyl groups excluding tert-OH is 1. The maximum Gasteiger partial charge on any atom is 0.236 e. The van der Waals surface area contributed by atoms with Crippen molar-refractivity contribution < 1.29 is 57.7 Å². The third-order valence-electron chi connectivity index (χ3n) is 24.8. The number of amides is 2. The largest absolute Gasteiger partial charge is 0.393 e. The van der Waals surface area contributed by atoms with Gasteiger partial charge in [0.2, 0.25) is 11.8 Å². The molecule has 4 fully saturated rings. The van der Waals surface area contributed by atoms with E-state index in [0.717, 1.165) is 147 Å². The van der Waals surface area contributed by atoms with Crippen LogP contribution in [0.4, 0.5) is 0 Å². The molecule has 0 spiro atoms. The zero-order valence-electron chi connectivity index (χ0n) is 84.2. The van der Waals surface area contributed by atoms with E-state index < -0.39 is 5.91 Å². The SMILES string of the molecule is CC(C)C(=O)[C@@H](CN1CCC1)c1ccc(Cl)cc1.CC(C)C(=O)[C@H](CN1CCC1)c1ccc(Cl)cc1.CC(C)C(=O)[C@H](CNC1CCC(O)CC1)c1ccc(Cl)cc1.CC(C)C(=O)[C@H](CNC1CCOCC1)c1ccc(Cl)cc1.CC(C)C(=O)[C@H](CNCC(=O)N(C)C)c1ccc(Cl)cc1.CC(C)C(=O)[C@H](CNCC(N)=O)c1ccc(Cl)cc1.COCCNC[C@@H](C(=O)C(C)C)c1ccc(Cl)cc1. The number of ketones is 7. The van der Waals surface area contributed by atoms with E-state index in [1.165, 1.54) is 17.7 Å². The van der Waals surface area contributed by atoms with E-state index in [-0.39, 0.29) is 137 Å². The maximum atomic E-state index is 12.5. The number of hydrogen-bond acceptors (Lipinski definition) is 19. The number of rotatable bonds is 44. The van der Waals surface area contributed by atoms with Gasteiger partial charge in [-0.2, -0.15) is 0 Å². The van der Waals surface area contributed by atoms with Crippen molar-refractivity contribution in [3.63, 3.8) is 0 Å². The molecule has 11 rings (SSSR count). The van der Waals surface area contributed by atoms with Crippen molar-refractivity contribution in [3.8, 4) is 0 Å². The molecule has 3 saturated heterocycles. The molecule has 1 aliphatic carbocycles. The molecule has 7 aromatic carbocycles. The Hall–Kier alpha value is -7.20. The zero-order valence-corrected chi connectivity index (χ0v) is 89.5. The Morgan fingerprint density at radius 1 is 0.355 bits per heavy atom. The predicted molar refractivity (Wildman–Crippen MR) is 567 cm³/mol. The summed E-state index contributed by atoms with van der Waals surface area (Å²) in [6.07, 6.45) is 8.04. The smallest absolute Gasteiger partial charge is 0.236 e. The molecular formula is C110H154Cl7N9O12. The minimum atomic E-state index is -0.438. The van der Waals surface area contributed by atoms with E-state index in [0.29, 0.717) is 88.1 Å². The van der Waals surface area contributed by atoms with Gasteiger partial charge in [-0.15, -0.1) is 0 Å². The first-order chi connectivity index (χ1) is 65.5. The van der Waals surface area contributed by atoms with Crippen LogP contribution in [0, 0.1) is 41.4 Å². The van der Waals surface area contributed by atoms with Gasteiger partial charge in [-0.05, 0) is 201 Å². The highest BCUT2D eigenvalue weighted by atomic mass is 35.5. The number of nitrogens with zero attached hydrogens (tertiary/aromatic N) is 3. The van der Waals surface area contributed by atoms with Crippen LogP contribution in [0.25, 0.3) is 0 Å². The van der Waals surface area contributed by atoms with Gasteiger partial charge in [0.1, 0.15) is 40.5 Å². The molecule has 3 aliphatic heterocycles. The molecule has 7 aromatic rings. The van der Waals surface area contributed by atoms with Crippen LogP contribution < -0.4 is 32.3 Å². The van der Waals surface area contributed by atoms with Gasteiger partial charge in [-0.25, -0.2) is 0 Å². The molecule has 21 nitrogen and oxygen atoms in total. The summed E-state index contributed by atoms with van der Waals surface area (Å²) in [6, 6.07) is 53.4. The second-order valence-electron chi connectivity index (χ2n) is 38.4.